The van der Waals surface area contributed by atoms with E-state index in [0.29, 0.717) is 37.4 Å². The van der Waals surface area contributed by atoms with Crippen LogP contribution in [-0.4, -0.2) is 60.8 Å². The Morgan fingerprint density at radius 1 is 1.03 bits per heavy atom. The molecule has 1 saturated heterocycles. The molecule has 3 aliphatic rings. The molecule has 1 aromatic carbocycles. The molecule has 2 atom stereocenters. The smallest absolute Gasteiger partial charge is 0.489 e. The van der Waals surface area contributed by atoms with E-state index in [1.54, 1.807) is 6.07 Å². The maximum absolute atomic E-state index is 13.0. The quantitative estimate of drug-likeness (QED) is 0.421. The third kappa shape index (κ3) is 6.28. The van der Waals surface area contributed by atoms with Crippen LogP contribution in [0.25, 0.3) is 0 Å². The van der Waals surface area contributed by atoms with Gasteiger partial charge in [-0.3, -0.25) is 9.59 Å². The molecule has 0 aromatic heterocycles. The highest BCUT2D eigenvalue weighted by Crippen LogP contribution is 2.30. The van der Waals surface area contributed by atoms with Crippen molar-refractivity contribution in [3.05, 3.63) is 42.0 Å². The van der Waals surface area contributed by atoms with Gasteiger partial charge in [0.2, 0.25) is 5.91 Å². The van der Waals surface area contributed by atoms with Gasteiger partial charge in [-0.15, -0.1) is 0 Å². The molecule has 0 bridgehead atoms. The van der Waals surface area contributed by atoms with Crippen molar-refractivity contribution in [2.45, 2.75) is 50.4 Å². The van der Waals surface area contributed by atoms with E-state index in [1.807, 2.05) is 30.4 Å². The van der Waals surface area contributed by atoms with Crippen LogP contribution in [0.1, 0.15) is 42.5 Å². The Kier molecular flexibility index (Phi) is 8.19. The van der Waals surface area contributed by atoms with Crippen molar-refractivity contribution in [1.29, 1.82) is 0 Å². The van der Waals surface area contributed by atoms with Crippen LogP contribution in [0, 0.1) is 5.41 Å². The second kappa shape index (κ2) is 10.9. The average Bonchev–Trinajstić information content (AvgIpc) is 2.76. The lowest BCUT2D eigenvalue weighted by atomic mass is 9.76. The zero-order valence-electron chi connectivity index (χ0n) is 18.5. The van der Waals surface area contributed by atoms with Crippen LogP contribution in [0.3, 0.4) is 0 Å². The lowest BCUT2D eigenvalue weighted by Gasteiger charge is -2.43. The van der Waals surface area contributed by atoms with Crippen LogP contribution in [-0.2, 0) is 9.59 Å². The molecule has 2 amide bonds. The number of benzene rings is 1. The molecule has 4 N–H and O–H groups in total. The number of halogens is 3. The van der Waals surface area contributed by atoms with Gasteiger partial charge in [0.25, 0.3) is 5.91 Å². The van der Waals surface area contributed by atoms with Crippen LogP contribution in [0.4, 0.5) is 13.2 Å². The number of rotatable bonds is 0. The van der Waals surface area contributed by atoms with Crippen LogP contribution in [0.5, 0.6) is 5.75 Å². The number of carbonyl (C=O) groups is 3. The third-order valence-corrected chi connectivity index (χ3v) is 6.19. The molecule has 2 fully saturated rings. The SMILES string of the molecule is O=C(O)C(F)(F)F.O=C1N[C@@H]2CCCC[C@H]2NC(=O)C2(C/C=C\COc3ccccc31)CNC2. The number of fused-ring (bicyclic) bond motifs is 2. The highest BCUT2D eigenvalue weighted by molar-refractivity contribution is 5.97. The predicted octanol–water partition coefficient (Wildman–Crippen LogP) is 2.41. The second-order valence-corrected chi connectivity index (χ2v) is 8.61. The minimum atomic E-state index is -5.08. The van der Waals surface area contributed by atoms with E-state index in [0.717, 1.165) is 25.7 Å². The van der Waals surface area contributed by atoms with Crippen molar-refractivity contribution >= 4 is 17.8 Å². The van der Waals surface area contributed by atoms with Crippen molar-refractivity contribution in [2.24, 2.45) is 5.41 Å². The number of alkyl halides is 3. The van der Waals surface area contributed by atoms with E-state index in [1.165, 1.54) is 0 Å². The Labute approximate surface area is 194 Å². The van der Waals surface area contributed by atoms with Crippen LogP contribution in [0.15, 0.2) is 36.4 Å². The van der Waals surface area contributed by atoms with Crippen molar-refractivity contribution in [2.75, 3.05) is 19.7 Å². The lowest BCUT2D eigenvalue weighted by Crippen LogP contribution is -2.64. The van der Waals surface area contributed by atoms with Crippen molar-refractivity contribution in [3.8, 4) is 5.75 Å². The monoisotopic (exact) mass is 483 g/mol. The summed E-state index contributed by atoms with van der Waals surface area (Å²) in [6.07, 6.45) is 3.47. The summed E-state index contributed by atoms with van der Waals surface area (Å²) in [4.78, 5) is 34.8. The van der Waals surface area contributed by atoms with Crippen molar-refractivity contribution < 1.29 is 37.4 Å². The summed E-state index contributed by atoms with van der Waals surface area (Å²) in [7, 11) is 0. The molecule has 1 aromatic rings. The van der Waals surface area contributed by atoms with Crippen molar-refractivity contribution in [3.63, 3.8) is 0 Å². The van der Waals surface area contributed by atoms with Gasteiger partial charge in [-0.05, 0) is 31.4 Å². The first-order valence-corrected chi connectivity index (χ1v) is 11.1. The Bertz CT molecular complexity index is 931. The summed E-state index contributed by atoms with van der Waals surface area (Å²) < 4.78 is 37.6. The van der Waals surface area contributed by atoms with Gasteiger partial charge in [0.05, 0.1) is 11.0 Å². The van der Waals surface area contributed by atoms with Gasteiger partial charge in [-0.1, -0.05) is 37.1 Å². The molecule has 186 valence electrons. The van der Waals surface area contributed by atoms with E-state index in [4.69, 9.17) is 14.6 Å². The molecule has 1 saturated carbocycles. The van der Waals surface area contributed by atoms with Crippen LogP contribution >= 0.6 is 0 Å². The van der Waals surface area contributed by atoms with Crippen LogP contribution in [0.2, 0.25) is 0 Å². The number of carboxylic acid groups (broad SMARTS) is 1. The summed E-state index contributed by atoms with van der Waals surface area (Å²) in [5.74, 6) is -2.21. The van der Waals surface area contributed by atoms with Gasteiger partial charge in [-0.25, -0.2) is 4.79 Å². The zero-order valence-corrected chi connectivity index (χ0v) is 18.5. The molecular weight excluding hydrogens is 455 g/mol. The van der Waals surface area contributed by atoms with Gasteiger partial charge < -0.3 is 25.8 Å². The Balaban J connectivity index is 0.000000406. The van der Waals surface area contributed by atoms with Gasteiger partial charge in [-0.2, -0.15) is 13.2 Å². The van der Waals surface area contributed by atoms with Gasteiger partial charge in [0.15, 0.2) is 0 Å². The number of hydrogen-bond acceptors (Lipinski definition) is 5. The number of aliphatic carboxylic acids is 1. The highest BCUT2D eigenvalue weighted by Gasteiger charge is 2.44. The summed E-state index contributed by atoms with van der Waals surface area (Å²) in [5, 5.41) is 16.8. The maximum atomic E-state index is 13.0. The number of carboxylic acids is 1. The Morgan fingerprint density at radius 2 is 1.65 bits per heavy atom. The summed E-state index contributed by atoms with van der Waals surface area (Å²) in [6.45, 7) is 1.76. The van der Waals surface area contributed by atoms with E-state index in [9.17, 15) is 22.8 Å². The Hall–Kier alpha value is -3.08. The number of amides is 2. The number of ether oxygens (including phenoxy) is 1. The number of nitrogens with one attached hydrogen (secondary N) is 3. The third-order valence-electron chi connectivity index (χ3n) is 6.19. The van der Waals surface area contributed by atoms with E-state index in [-0.39, 0.29) is 29.3 Å². The molecule has 0 radical (unpaired) electrons. The molecular formula is C23H28F3N3O5. The summed E-state index contributed by atoms with van der Waals surface area (Å²) >= 11 is 0. The summed E-state index contributed by atoms with van der Waals surface area (Å²) in [6, 6.07) is 7.25. The topological polar surface area (TPSA) is 117 Å². The van der Waals surface area contributed by atoms with Crippen molar-refractivity contribution in [1.82, 2.24) is 16.0 Å². The first-order valence-electron chi connectivity index (χ1n) is 11.1. The van der Waals surface area contributed by atoms with Gasteiger partial charge in [0, 0.05) is 25.2 Å². The highest BCUT2D eigenvalue weighted by atomic mass is 19.4. The number of carbonyl (C=O) groups excluding carboxylic acids is 2. The fourth-order valence-electron chi connectivity index (χ4n) is 4.16. The fraction of sp³-hybridized carbons (Fsp3) is 0.522. The van der Waals surface area contributed by atoms with Gasteiger partial charge >= 0.3 is 12.1 Å². The maximum Gasteiger partial charge on any atom is 0.490 e. The van der Waals surface area contributed by atoms with E-state index >= 15 is 0 Å². The molecule has 34 heavy (non-hydrogen) atoms. The number of para-hydroxylation sites is 1. The molecule has 0 unspecified atom stereocenters. The molecule has 1 aliphatic carbocycles. The molecule has 2 aliphatic heterocycles. The van der Waals surface area contributed by atoms with E-state index < -0.39 is 12.1 Å². The second-order valence-electron chi connectivity index (χ2n) is 8.61. The minimum Gasteiger partial charge on any atom is -0.489 e. The van der Waals surface area contributed by atoms with Gasteiger partial charge in [0.1, 0.15) is 12.4 Å². The zero-order chi connectivity index (χ0) is 24.8. The van der Waals surface area contributed by atoms with E-state index in [2.05, 4.69) is 16.0 Å². The number of allylic oxidation sites excluding steroid dienone is 1. The fourth-order valence-corrected chi connectivity index (χ4v) is 4.16. The predicted molar refractivity (Wildman–Crippen MR) is 116 cm³/mol. The first kappa shape index (κ1) is 25.5. The molecule has 11 heteroatoms. The summed E-state index contributed by atoms with van der Waals surface area (Å²) in [5.41, 5.74) is 0.156. The van der Waals surface area contributed by atoms with Crippen LogP contribution < -0.4 is 20.7 Å². The molecule has 8 nitrogen and oxygen atoms in total. The number of hydrogen-bond donors (Lipinski definition) is 4. The average molecular weight is 483 g/mol. The Morgan fingerprint density at radius 3 is 2.24 bits per heavy atom. The molecule has 1 spiro atoms. The lowest BCUT2D eigenvalue weighted by molar-refractivity contribution is -0.192. The normalized spacial score (nSPS) is 25.4. The molecule has 2 heterocycles. The molecule has 4 rings (SSSR count). The minimum absolute atomic E-state index is 0.0207. The largest absolute Gasteiger partial charge is 0.490 e. The standard InChI is InChI=1S/C21H27N3O3.C2HF3O2/c25-19-15-7-1-4-10-18(15)27-12-6-5-11-21(13-22-14-21)20(26)24-17-9-3-2-8-16(17)23-19;3-2(4,5)1(6)7/h1,4-7,10,16-17,22H,2-3,8-9,11-14H2,(H,23,25)(H,24,26);(H,6,7)/b6-5-;/t16-,17-;/m1./s1. The first-order chi connectivity index (χ1) is 16.1.